The lowest BCUT2D eigenvalue weighted by Gasteiger charge is -2.09. The summed E-state index contributed by atoms with van der Waals surface area (Å²) in [6.45, 7) is 2.88. The van der Waals surface area contributed by atoms with Gasteiger partial charge in [0, 0.05) is 0 Å². The average molecular weight is 231 g/mol. The normalized spacial score (nSPS) is 11.0. The Bertz CT molecular complexity index is 426. The topological polar surface area (TPSA) is 39.2 Å². The smallest absolute Gasteiger partial charge is 0.417 e. The molecule has 3 nitrogen and oxygen atoms in total. The summed E-state index contributed by atoms with van der Waals surface area (Å²) in [4.78, 5) is 14.6. The van der Waals surface area contributed by atoms with E-state index in [4.69, 9.17) is 0 Å². The van der Waals surface area contributed by atoms with Crippen LogP contribution in [0.3, 0.4) is 0 Å². The SMILES string of the molecule is C=C(c1cccc(C(=O)OC)n1)C(F)(F)F. The largest absolute Gasteiger partial charge is 0.464 e. The van der Waals surface area contributed by atoms with E-state index in [0.29, 0.717) is 0 Å². The first-order valence-electron chi connectivity index (χ1n) is 4.18. The van der Waals surface area contributed by atoms with Crippen LogP contribution in [0.15, 0.2) is 24.8 Å². The van der Waals surface area contributed by atoms with Gasteiger partial charge in [-0.2, -0.15) is 13.2 Å². The van der Waals surface area contributed by atoms with Crippen LogP contribution < -0.4 is 0 Å². The third-order valence-electron chi connectivity index (χ3n) is 1.79. The van der Waals surface area contributed by atoms with E-state index < -0.39 is 23.4 Å². The molecule has 0 N–H and O–H groups in total. The molecule has 0 amide bonds. The third-order valence-corrected chi connectivity index (χ3v) is 1.79. The first-order chi connectivity index (χ1) is 7.36. The van der Waals surface area contributed by atoms with Gasteiger partial charge in [0.15, 0.2) is 0 Å². The van der Waals surface area contributed by atoms with E-state index >= 15 is 0 Å². The Labute approximate surface area is 89.6 Å². The number of ether oxygens (including phenoxy) is 1. The van der Waals surface area contributed by atoms with E-state index in [-0.39, 0.29) is 5.69 Å². The molecule has 0 bridgehead atoms. The highest BCUT2D eigenvalue weighted by Gasteiger charge is 2.34. The van der Waals surface area contributed by atoms with Gasteiger partial charge in [0.1, 0.15) is 5.69 Å². The molecule has 0 aromatic carbocycles. The Hall–Kier alpha value is -1.85. The minimum atomic E-state index is -4.57. The van der Waals surface area contributed by atoms with Crippen molar-refractivity contribution < 1.29 is 22.7 Å². The van der Waals surface area contributed by atoms with Crippen molar-refractivity contribution in [2.24, 2.45) is 0 Å². The number of carbonyl (C=O) groups is 1. The Morgan fingerprint density at radius 3 is 2.44 bits per heavy atom. The Balaban J connectivity index is 3.09. The molecule has 0 saturated heterocycles. The van der Waals surface area contributed by atoms with Crippen molar-refractivity contribution in [3.05, 3.63) is 36.2 Å². The van der Waals surface area contributed by atoms with Gasteiger partial charge >= 0.3 is 12.1 Å². The fourth-order valence-electron chi connectivity index (χ4n) is 0.966. The van der Waals surface area contributed by atoms with Crippen molar-refractivity contribution in [1.29, 1.82) is 0 Å². The fraction of sp³-hybridized carbons (Fsp3) is 0.200. The highest BCUT2D eigenvalue weighted by atomic mass is 19.4. The first kappa shape index (κ1) is 12.2. The number of nitrogens with zero attached hydrogens (tertiary/aromatic N) is 1. The van der Waals surface area contributed by atoms with Crippen LogP contribution in [0.4, 0.5) is 13.2 Å². The lowest BCUT2D eigenvalue weighted by Crippen LogP contribution is -2.12. The number of aromatic nitrogens is 1. The van der Waals surface area contributed by atoms with Gasteiger partial charge in [-0.15, -0.1) is 0 Å². The molecule has 86 valence electrons. The maximum Gasteiger partial charge on any atom is 0.417 e. The Morgan fingerprint density at radius 2 is 1.94 bits per heavy atom. The maximum absolute atomic E-state index is 12.3. The van der Waals surface area contributed by atoms with E-state index in [9.17, 15) is 18.0 Å². The van der Waals surface area contributed by atoms with E-state index in [1.54, 1.807) is 0 Å². The Morgan fingerprint density at radius 1 is 1.38 bits per heavy atom. The van der Waals surface area contributed by atoms with Gasteiger partial charge in [-0.3, -0.25) is 0 Å². The highest BCUT2D eigenvalue weighted by Crippen LogP contribution is 2.31. The van der Waals surface area contributed by atoms with E-state index in [2.05, 4.69) is 16.3 Å². The highest BCUT2D eigenvalue weighted by molar-refractivity contribution is 5.87. The molecule has 6 heteroatoms. The molecule has 1 rings (SSSR count). The van der Waals surface area contributed by atoms with Crippen molar-refractivity contribution in [1.82, 2.24) is 4.98 Å². The number of hydrogen-bond acceptors (Lipinski definition) is 3. The van der Waals surface area contributed by atoms with Crippen molar-refractivity contribution in [3.8, 4) is 0 Å². The molecule has 0 unspecified atom stereocenters. The van der Waals surface area contributed by atoms with E-state index in [1.807, 2.05) is 0 Å². The van der Waals surface area contributed by atoms with Crippen molar-refractivity contribution in [2.45, 2.75) is 6.18 Å². The molecule has 1 heterocycles. The predicted octanol–water partition coefficient (Wildman–Crippen LogP) is 2.44. The summed E-state index contributed by atoms with van der Waals surface area (Å²) in [5, 5.41) is 0. The number of pyridine rings is 1. The first-order valence-corrected chi connectivity index (χ1v) is 4.18. The third kappa shape index (κ3) is 2.59. The second kappa shape index (κ2) is 4.34. The number of carbonyl (C=O) groups excluding carboxylic acids is 1. The summed E-state index contributed by atoms with van der Waals surface area (Å²) >= 11 is 0. The lowest BCUT2D eigenvalue weighted by atomic mass is 10.2. The van der Waals surface area contributed by atoms with Crippen LogP contribution in [0.25, 0.3) is 5.57 Å². The number of allylic oxidation sites excluding steroid dienone is 1. The van der Waals surface area contributed by atoms with Crippen LogP contribution in [-0.2, 0) is 4.74 Å². The van der Waals surface area contributed by atoms with Crippen LogP contribution >= 0.6 is 0 Å². The van der Waals surface area contributed by atoms with Crippen LogP contribution in [0.5, 0.6) is 0 Å². The number of alkyl halides is 3. The summed E-state index contributed by atoms with van der Waals surface area (Å²) in [7, 11) is 1.12. The standard InChI is InChI=1S/C10H8F3NO2/c1-6(10(11,12)13)7-4-3-5-8(14-7)9(15)16-2/h3-5H,1H2,2H3. The zero-order valence-corrected chi connectivity index (χ0v) is 8.34. The summed E-state index contributed by atoms with van der Waals surface area (Å²) < 4.78 is 41.2. The molecular weight excluding hydrogens is 223 g/mol. The summed E-state index contributed by atoms with van der Waals surface area (Å²) in [5.74, 6) is -0.795. The quantitative estimate of drug-likeness (QED) is 0.734. The summed E-state index contributed by atoms with van der Waals surface area (Å²) in [6, 6.07) is 3.67. The fourth-order valence-corrected chi connectivity index (χ4v) is 0.966. The number of hydrogen-bond donors (Lipinski definition) is 0. The molecule has 0 aliphatic carbocycles. The molecule has 0 atom stereocenters. The van der Waals surface area contributed by atoms with Gasteiger partial charge in [0.05, 0.1) is 18.4 Å². The molecule has 1 aromatic heterocycles. The minimum Gasteiger partial charge on any atom is -0.464 e. The van der Waals surface area contributed by atoms with Crippen LogP contribution in [-0.4, -0.2) is 24.2 Å². The lowest BCUT2D eigenvalue weighted by molar-refractivity contribution is -0.0689. The van der Waals surface area contributed by atoms with Gasteiger partial charge in [0.2, 0.25) is 0 Å². The second-order valence-electron chi connectivity index (χ2n) is 2.88. The number of esters is 1. The molecule has 0 aliphatic heterocycles. The average Bonchev–Trinajstić information content (AvgIpc) is 2.26. The number of rotatable bonds is 2. The molecule has 16 heavy (non-hydrogen) atoms. The molecule has 0 radical (unpaired) electrons. The predicted molar refractivity (Wildman–Crippen MR) is 50.7 cm³/mol. The van der Waals surface area contributed by atoms with Crippen molar-refractivity contribution in [3.63, 3.8) is 0 Å². The molecular formula is C10H8F3NO2. The molecule has 0 fully saturated rings. The van der Waals surface area contributed by atoms with Gasteiger partial charge in [-0.1, -0.05) is 12.6 Å². The van der Waals surface area contributed by atoms with Crippen molar-refractivity contribution >= 4 is 11.5 Å². The van der Waals surface area contributed by atoms with Gasteiger partial charge in [-0.25, -0.2) is 9.78 Å². The zero-order chi connectivity index (χ0) is 12.3. The van der Waals surface area contributed by atoms with Gasteiger partial charge < -0.3 is 4.74 Å². The molecule has 0 spiro atoms. The van der Waals surface area contributed by atoms with Crippen LogP contribution in [0.1, 0.15) is 16.2 Å². The van der Waals surface area contributed by atoms with E-state index in [0.717, 1.165) is 13.2 Å². The molecule has 0 aliphatic rings. The second-order valence-corrected chi connectivity index (χ2v) is 2.88. The van der Waals surface area contributed by atoms with Crippen LogP contribution in [0, 0.1) is 0 Å². The van der Waals surface area contributed by atoms with Crippen LogP contribution in [0.2, 0.25) is 0 Å². The molecule has 1 aromatic rings. The van der Waals surface area contributed by atoms with Crippen molar-refractivity contribution in [2.75, 3.05) is 7.11 Å². The maximum atomic E-state index is 12.3. The zero-order valence-electron chi connectivity index (χ0n) is 8.34. The Kier molecular flexibility index (Phi) is 3.31. The minimum absolute atomic E-state index is 0.189. The summed E-state index contributed by atoms with van der Waals surface area (Å²) in [6.07, 6.45) is -4.57. The van der Waals surface area contributed by atoms with Gasteiger partial charge in [-0.05, 0) is 12.1 Å². The van der Waals surface area contributed by atoms with E-state index in [1.165, 1.54) is 12.1 Å². The number of halogens is 3. The summed E-state index contributed by atoms with van der Waals surface area (Å²) in [5.41, 5.74) is -1.68. The monoisotopic (exact) mass is 231 g/mol. The molecule has 0 saturated carbocycles. The van der Waals surface area contributed by atoms with Gasteiger partial charge in [0.25, 0.3) is 0 Å². The number of methoxy groups -OCH3 is 1.